The van der Waals surface area contributed by atoms with Gasteiger partial charge in [0.15, 0.2) is 6.61 Å². The molecule has 0 bridgehead atoms. The number of rotatable bonds is 8. The molecule has 1 aliphatic heterocycles. The van der Waals surface area contributed by atoms with Crippen molar-refractivity contribution in [3.8, 4) is 11.5 Å². The van der Waals surface area contributed by atoms with E-state index in [-0.39, 0.29) is 12.5 Å². The summed E-state index contributed by atoms with van der Waals surface area (Å²) in [5.41, 5.74) is 1.32. The number of carbonyl (C=O) groups excluding carboxylic acids is 1. The normalized spacial score (nSPS) is 15.1. The Morgan fingerprint density at radius 1 is 0.893 bits per heavy atom. The van der Waals surface area contributed by atoms with Gasteiger partial charge in [-0.25, -0.2) is 0 Å². The maximum Gasteiger partial charge on any atom is 0.260 e. The molecule has 1 heterocycles. The number of amides is 1. The molecule has 1 aliphatic rings. The molecule has 0 unspecified atom stereocenters. The molecule has 5 nitrogen and oxygen atoms in total. The molecule has 0 atom stereocenters. The quantitative estimate of drug-likeness (QED) is 0.700. The third-order valence-electron chi connectivity index (χ3n) is 4.85. The monoisotopic (exact) mass is 382 g/mol. The fraction of sp³-hybridized carbons (Fsp3) is 0.435. The van der Waals surface area contributed by atoms with Gasteiger partial charge in [-0.05, 0) is 42.7 Å². The lowest BCUT2D eigenvalue weighted by atomic mass is 10.2. The predicted octanol–water partition coefficient (Wildman–Crippen LogP) is 3.59. The summed E-state index contributed by atoms with van der Waals surface area (Å²) < 4.78 is 11.2. The van der Waals surface area contributed by atoms with Gasteiger partial charge in [0.25, 0.3) is 5.91 Å². The van der Waals surface area contributed by atoms with E-state index in [0.29, 0.717) is 12.4 Å². The fourth-order valence-corrected chi connectivity index (χ4v) is 3.31. The summed E-state index contributed by atoms with van der Waals surface area (Å²) in [5, 5.41) is 0. The van der Waals surface area contributed by atoms with Gasteiger partial charge in [0.1, 0.15) is 11.5 Å². The number of hydrogen-bond donors (Lipinski definition) is 0. The van der Waals surface area contributed by atoms with E-state index in [4.69, 9.17) is 9.47 Å². The Morgan fingerprint density at radius 2 is 1.61 bits per heavy atom. The Hall–Kier alpha value is -2.53. The van der Waals surface area contributed by atoms with E-state index in [0.717, 1.165) is 51.3 Å². The third-order valence-corrected chi connectivity index (χ3v) is 4.85. The van der Waals surface area contributed by atoms with Crippen LogP contribution in [0.2, 0.25) is 0 Å². The van der Waals surface area contributed by atoms with Gasteiger partial charge in [-0.1, -0.05) is 37.3 Å². The zero-order valence-corrected chi connectivity index (χ0v) is 16.7. The molecule has 3 rings (SSSR count). The van der Waals surface area contributed by atoms with Gasteiger partial charge in [-0.3, -0.25) is 9.69 Å². The highest BCUT2D eigenvalue weighted by molar-refractivity contribution is 5.77. The van der Waals surface area contributed by atoms with Crippen molar-refractivity contribution < 1.29 is 14.3 Å². The smallest absolute Gasteiger partial charge is 0.260 e. The Labute approximate surface area is 167 Å². The maximum absolute atomic E-state index is 12.6. The molecule has 0 N–H and O–H groups in total. The summed E-state index contributed by atoms with van der Waals surface area (Å²) in [6.45, 7) is 7.24. The summed E-state index contributed by atoms with van der Waals surface area (Å²) in [6, 6.07) is 17.9. The first-order chi connectivity index (χ1) is 13.7. The lowest BCUT2D eigenvalue weighted by Gasteiger charge is -2.22. The fourth-order valence-electron chi connectivity index (χ4n) is 3.31. The highest BCUT2D eigenvalue weighted by Crippen LogP contribution is 2.18. The molecule has 150 valence electrons. The van der Waals surface area contributed by atoms with Crippen LogP contribution < -0.4 is 9.47 Å². The standard InChI is InChI=1S/C23H30N2O3/c1-2-17-27-21-9-11-22(12-10-21)28-19-23(26)25-14-6-13-24(15-16-25)18-20-7-4-3-5-8-20/h3-5,7-12H,2,6,13-19H2,1H3. The second kappa shape index (κ2) is 10.7. The van der Waals surface area contributed by atoms with Gasteiger partial charge in [0.2, 0.25) is 0 Å². The molecule has 28 heavy (non-hydrogen) atoms. The van der Waals surface area contributed by atoms with Crippen LogP contribution in [-0.4, -0.2) is 55.1 Å². The van der Waals surface area contributed by atoms with Crippen molar-refractivity contribution in [2.45, 2.75) is 26.3 Å². The zero-order chi connectivity index (χ0) is 19.6. The van der Waals surface area contributed by atoms with Gasteiger partial charge in [0, 0.05) is 32.7 Å². The minimum absolute atomic E-state index is 0.0490. The number of carbonyl (C=O) groups is 1. The predicted molar refractivity (Wildman–Crippen MR) is 111 cm³/mol. The molecular formula is C23H30N2O3. The summed E-state index contributed by atoms with van der Waals surface area (Å²) in [5.74, 6) is 1.57. The van der Waals surface area contributed by atoms with E-state index in [1.165, 1.54) is 5.56 Å². The average Bonchev–Trinajstić information content (AvgIpc) is 2.97. The van der Waals surface area contributed by atoms with E-state index in [1.807, 2.05) is 35.2 Å². The molecule has 0 spiro atoms. The van der Waals surface area contributed by atoms with Crippen LogP contribution in [0.1, 0.15) is 25.3 Å². The van der Waals surface area contributed by atoms with Gasteiger partial charge >= 0.3 is 0 Å². The van der Waals surface area contributed by atoms with Crippen molar-refractivity contribution in [1.29, 1.82) is 0 Å². The molecule has 5 heteroatoms. The number of benzene rings is 2. The summed E-state index contributed by atoms with van der Waals surface area (Å²) in [7, 11) is 0. The van der Waals surface area contributed by atoms with Crippen LogP contribution in [0.4, 0.5) is 0 Å². The van der Waals surface area contributed by atoms with Crippen LogP contribution >= 0.6 is 0 Å². The van der Waals surface area contributed by atoms with Crippen molar-refractivity contribution in [2.24, 2.45) is 0 Å². The Morgan fingerprint density at radius 3 is 2.32 bits per heavy atom. The maximum atomic E-state index is 12.6. The van der Waals surface area contributed by atoms with E-state index < -0.39 is 0 Å². The Kier molecular flexibility index (Phi) is 7.73. The first-order valence-corrected chi connectivity index (χ1v) is 10.1. The van der Waals surface area contributed by atoms with Crippen molar-refractivity contribution in [2.75, 3.05) is 39.4 Å². The van der Waals surface area contributed by atoms with Crippen molar-refractivity contribution in [3.05, 3.63) is 60.2 Å². The first kappa shape index (κ1) is 20.2. The lowest BCUT2D eigenvalue weighted by molar-refractivity contribution is -0.133. The Bertz CT molecular complexity index is 718. The van der Waals surface area contributed by atoms with Crippen LogP contribution in [0.15, 0.2) is 54.6 Å². The molecule has 0 aliphatic carbocycles. The molecule has 2 aromatic rings. The molecule has 0 aromatic heterocycles. The molecule has 0 saturated carbocycles. The summed E-state index contributed by atoms with van der Waals surface area (Å²) in [4.78, 5) is 16.9. The summed E-state index contributed by atoms with van der Waals surface area (Å²) >= 11 is 0. The highest BCUT2D eigenvalue weighted by Gasteiger charge is 2.19. The molecule has 0 radical (unpaired) electrons. The molecule has 1 amide bonds. The van der Waals surface area contributed by atoms with E-state index in [2.05, 4.69) is 36.1 Å². The molecule has 1 fully saturated rings. The van der Waals surface area contributed by atoms with Crippen LogP contribution in [-0.2, 0) is 11.3 Å². The minimum Gasteiger partial charge on any atom is -0.494 e. The van der Waals surface area contributed by atoms with Crippen molar-refractivity contribution in [3.63, 3.8) is 0 Å². The van der Waals surface area contributed by atoms with Crippen molar-refractivity contribution in [1.82, 2.24) is 9.80 Å². The first-order valence-electron chi connectivity index (χ1n) is 10.1. The SMILES string of the molecule is CCCOc1ccc(OCC(=O)N2CCCN(Cc3ccccc3)CC2)cc1. The van der Waals surface area contributed by atoms with Crippen LogP contribution in [0, 0.1) is 0 Å². The van der Waals surface area contributed by atoms with E-state index >= 15 is 0 Å². The number of ether oxygens (including phenoxy) is 2. The van der Waals surface area contributed by atoms with Crippen LogP contribution in [0.25, 0.3) is 0 Å². The second-order valence-corrected chi connectivity index (χ2v) is 7.10. The van der Waals surface area contributed by atoms with Crippen LogP contribution in [0.5, 0.6) is 11.5 Å². The third kappa shape index (κ3) is 6.27. The molecular weight excluding hydrogens is 352 g/mol. The average molecular weight is 383 g/mol. The number of hydrogen-bond acceptors (Lipinski definition) is 4. The minimum atomic E-state index is 0.0490. The van der Waals surface area contributed by atoms with Gasteiger partial charge < -0.3 is 14.4 Å². The number of nitrogens with zero attached hydrogens (tertiary/aromatic N) is 2. The highest BCUT2D eigenvalue weighted by atomic mass is 16.5. The zero-order valence-electron chi connectivity index (χ0n) is 16.7. The molecule has 1 saturated heterocycles. The topological polar surface area (TPSA) is 42.0 Å². The van der Waals surface area contributed by atoms with Gasteiger partial charge in [-0.2, -0.15) is 0 Å². The lowest BCUT2D eigenvalue weighted by Crippen LogP contribution is -2.38. The Balaban J connectivity index is 1.43. The second-order valence-electron chi connectivity index (χ2n) is 7.10. The van der Waals surface area contributed by atoms with E-state index in [9.17, 15) is 4.79 Å². The van der Waals surface area contributed by atoms with Gasteiger partial charge in [0.05, 0.1) is 6.61 Å². The van der Waals surface area contributed by atoms with E-state index in [1.54, 1.807) is 0 Å². The largest absolute Gasteiger partial charge is 0.494 e. The summed E-state index contributed by atoms with van der Waals surface area (Å²) in [6.07, 6.45) is 1.97. The van der Waals surface area contributed by atoms with Gasteiger partial charge in [-0.15, -0.1) is 0 Å². The van der Waals surface area contributed by atoms with Crippen LogP contribution in [0.3, 0.4) is 0 Å². The molecule has 2 aromatic carbocycles. The van der Waals surface area contributed by atoms with Crippen molar-refractivity contribution >= 4 is 5.91 Å².